The van der Waals surface area contributed by atoms with Crippen molar-refractivity contribution in [3.05, 3.63) is 71.4 Å². The molecule has 0 aliphatic heterocycles. The van der Waals surface area contributed by atoms with Gasteiger partial charge in [-0.1, -0.05) is 24.3 Å². The maximum absolute atomic E-state index is 12.3. The summed E-state index contributed by atoms with van der Waals surface area (Å²) in [7, 11) is -3.57. The first-order chi connectivity index (χ1) is 15.2. The van der Waals surface area contributed by atoms with Crippen molar-refractivity contribution in [1.29, 1.82) is 0 Å². The Labute approximate surface area is 188 Å². The van der Waals surface area contributed by atoms with Crippen molar-refractivity contribution in [1.82, 2.24) is 5.32 Å². The molecule has 172 valence electrons. The van der Waals surface area contributed by atoms with Gasteiger partial charge in [0.2, 0.25) is 0 Å². The predicted octanol–water partition coefficient (Wildman–Crippen LogP) is 2.94. The van der Waals surface area contributed by atoms with Gasteiger partial charge in [0.25, 0.3) is 5.91 Å². The quantitative estimate of drug-likeness (QED) is 0.405. The van der Waals surface area contributed by atoms with Gasteiger partial charge >= 0.3 is 16.1 Å². The molecule has 9 heteroatoms. The van der Waals surface area contributed by atoms with E-state index in [0.717, 1.165) is 17.4 Å². The number of carbonyl (C=O) groups excluding carboxylic acids is 2. The summed E-state index contributed by atoms with van der Waals surface area (Å²) < 4.78 is 37.5. The lowest BCUT2D eigenvalue weighted by Gasteiger charge is -2.15. The molecule has 2 rings (SSSR count). The SMILES string of the molecule is CCOC(=O)C(Cc1ccc(C(=O)N/C=C/c2ccc(OS(C)(=O)=O)cc2)cc1)OCC. The van der Waals surface area contributed by atoms with Gasteiger partial charge in [0.05, 0.1) is 12.9 Å². The van der Waals surface area contributed by atoms with Crippen molar-refractivity contribution < 1.29 is 31.7 Å². The van der Waals surface area contributed by atoms with Gasteiger partial charge in [-0.3, -0.25) is 4.79 Å². The molecule has 1 amide bonds. The molecule has 32 heavy (non-hydrogen) atoms. The van der Waals surface area contributed by atoms with E-state index in [4.69, 9.17) is 13.7 Å². The molecule has 1 atom stereocenters. The van der Waals surface area contributed by atoms with E-state index in [9.17, 15) is 18.0 Å². The van der Waals surface area contributed by atoms with Crippen LogP contribution in [0.5, 0.6) is 5.75 Å². The van der Waals surface area contributed by atoms with Gasteiger partial charge in [-0.2, -0.15) is 8.42 Å². The van der Waals surface area contributed by atoms with Crippen LogP contribution >= 0.6 is 0 Å². The molecule has 0 radical (unpaired) electrons. The minimum atomic E-state index is -3.57. The minimum Gasteiger partial charge on any atom is -0.464 e. The zero-order chi connectivity index (χ0) is 23.6. The number of hydrogen-bond acceptors (Lipinski definition) is 7. The molecule has 0 bridgehead atoms. The molecule has 0 saturated heterocycles. The molecule has 0 fully saturated rings. The first kappa shape index (κ1) is 25.1. The van der Waals surface area contributed by atoms with Crippen LogP contribution in [0.1, 0.15) is 35.3 Å². The molecule has 2 aromatic rings. The van der Waals surface area contributed by atoms with Crippen LogP contribution in [-0.2, 0) is 30.8 Å². The van der Waals surface area contributed by atoms with Crippen molar-refractivity contribution in [3.8, 4) is 5.75 Å². The molecular weight excluding hydrogens is 434 g/mol. The average molecular weight is 462 g/mol. The number of benzene rings is 2. The molecule has 0 aliphatic carbocycles. The molecule has 8 nitrogen and oxygen atoms in total. The molecule has 0 heterocycles. The fourth-order valence-corrected chi connectivity index (χ4v) is 3.22. The predicted molar refractivity (Wildman–Crippen MR) is 121 cm³/mol. The summed E-state index contributed by atoms with van der Waals surface area (Å²) in [6.07, 6.45) is 3.81. The Morgan fingerprint density at radius 3 is 2.22 bits per heavy atom. The second kappa shape index (κ2) is 12.0. The Morgan fingerprint density at radius 1 is 1.00 bits per heavy atom. The van der Waals surface area contributed by atoms with Crippen molar-refractivity contribution in [2.75, 3.05) is 19.5 Å². The normalized spacial score (nSPS) is 12.3. The van der Waals surface area contributed by atoms with Gasteiger partial charge in [-0.05, 0) is 55.3 Å². The second-order valence-corrected chi connectivity index (χ2v) is 8.34. The minimum absolute atomic E-state index is 0.211. The van der Waals surface area contributed by atoms with Crippen LogP contribution in [0.25, 0.3) is 6.08 Å². The lowest BCUT2D eigenvalue weighted by Crippen LogP contribution is -2.29. The Balaban J connectivity index is 1.92. The third-order valence-electron chi connectivity index (χ3n) is 4.17. The van der Waals surface area contributed by atoms with Crippen LogP contribution in [0.3, 0.4) is 0 Å². The number of hydrogen-bond donors (Lipinski definition) is 1. The highest BCUT2D eigenvalue weighted by Gasteiger charge is 2.20. The van der Waals surface area contributed by atoms with Crippen LogP contribution < -0.4 is 9.50 Å². The summed E-state index contributed by atoms with van der Waals surface area (Å²) in [6.45, 7) is 4.23. The van der Waals surface area contributed by atoms with E-state index in [1.54, 1.807) is 49.4 Å². The number of ether oxygens (including phenoxy) is 2. The van der Waals surface area contributed by atoms with E-state index in [1.165, 1.54) is 18.3 Å². The van der Waals surface area contributed by atoms with E-state index < -0.39 is 22.2 Å². The van der Waals surface area contributed by atoms with Crippen LogP contribution in [0, 0.1) is 0 Å². The Kier molecular flexibility index (Phi) is 9.42. The average Bonchev–Trinajstić information content (AvgIpc) is 2.74. The van der Waals surface area contributed by atoms with E-state index in [-0.39, 0.29) is 18.3 Å². The van der Waals surface area contributed by atoms with Crippen LogP contribution in [0.4, 0.5) is 0 Å². The van der Waals surface area contributed by atoms with E-state index >= 15 is 0 Å². The van der Waals surface area contributed by atoms with Crippen molar-refractivity contribution in [2.24, 2.45) is 0 Å². The molecular formula is C23H27NO7S. The zero-order valence-electron chi connectivity index (χ0n) is 18.2. The molecule has 2 aromatic carbocycles. The summed E-state index contributed by atoms with van der Waals surface area (Å²) >= 11 is 0. The van der Waals surface area contributed by atoms with Gasteiger partial charge in [-0.25, -0.2) is 4.79 Å². The van der Waals surface area contributed by atoms with Gasteiger partial charge in [0, 0.05) is 24.8 Å². The lowest BCUT2D eigenvalue weighted by molar-refractivity contribution is -0.156. The van der Waals surface area contributed by atoms with Gasteiger partial charge in [-0.15, -0.1) is 0 Å². The van der Waals surface area contributed by atoms with Crippen LogP contribution in [0.2, 0.25) is 0 Å². The monoisotopic (exact) mass is 461 g/mol. The Hall–Kier alpha value is -3.17. The topological polar surface area (TPSA) is 108 Å². The number of nitrogens with one attached hydrogen (secondary N) is 1. The molecule has 0 aliphatic rings. The van der Waals surface area contributed by atoms with Crippen molar-refractivity contribution in [3.63, 3.8) is 0 Å². The molecule has 1 N–H and O–H groups in total. The largest absolute Gasteiger partial charge is 0.464 e. The summed E-state index contributed by atoms with van der Waals surface area (Å²) in [5.41, 5.74) is 2.06. The van der Waals surface area contributed by atoms with Crippen molar-refractivity contribution >= 4 is 28.1 Å². The van der Waals surface area contributed by atoms with Crippen LogP contribution in [0.15, 0.2) is 54.7 Å². The summed E-state index contributed by atoms with van der Waals surface area (Å²) in [6, 6.07) is 13.2. The Morgan fingerprint density at radius 2 is 1.66 bits per heavy atom. The third kappa shape index (κ3) is 8.52. The van der Waals surface area contributed by atoms with E-state index in [1.807, 2.05) is 6.92 Å². The standard InChI is InChI=1S/C23H27NO7S/c1-4-29-21(23(26)30-5-2)16-18-6-10-19(11-7-18)22(25)24-15-14-17-8-12-20(13-9-17)31-32(3,27)28/h6-15,21H,4-5,16H2,1-3H3,(H,24,25)/b15-14+. The van der Waals surface area contributed by atoms with Gasteiger partial charge in [0.15, 0.2) is 6.10 Å². The van der Waals surface area contributed by atoms with Crippen LogP contribution in [-0.4, -0.2) is 45.9 Å². The summed E-state index contributed by atoms with van der Waals surface area (Å²) in [5, 5.41) is 2.67. The smallest absolute Gasteiger partial charge is 0.335 e. The highest BCUT2D eigenvalue weighted by atomic mass is 32.2. The molecule has 0 saturated carbocycles. The summed E-state index contributed by atoms with van der Waals surface area (Å²) in [5.74, 6) is -0.489. The second-order valence-electron chi connectivity index (χ2n) is 6.76. The van der Waals surface area contributed by atoms with E-state index in [0.29, 0.717) is 18.6 Å². The molecule has 0 aromatic heterocycles. The number of rotatable bonds is 11. The number of amides is 1. The van der Waals surface area contributed by atoms with E-state index in [2.05, 4.69) is 5.32 Å². The lowest BCUT2D eigenvalue weighted by atomic mass is 10.1. The molecule has 0 spiro atoms. The highest BCUT2D eigenvalue weighted by Crippen LogP contribution is 2.15. The fourth-order valence-electron chi connectivity index (χ4n) is 2.76. The third-order valence-corrected chi connectivity index (χ3v) is 4.67. The van der Waals surface area contributed by atoms with Gasteiger partial charge < -0.3 is 19.0 Å². The first-order valence-corrected chi connectivity index (χ1v) is 11.9. The zero-order valence-corrected chi connectivity index (χ0v) is 19.1. The van der Waals surface area contributed by atoms with Gasteiger partial charge in [0.1, 0.15) is 5.75 Å². The maximum Gasteiger partial charge on any atom is 0.335 e. The molecule has 1 unspecified atom stereocenters. The maximum atomic E-state index is 12.3. The summed E-state index contributed by atoms with van der Waals surface area (Å²) in [4.78, 5) is 24.3. The van der Waals surface area contributed by atoms with Crippen molar-refractivity contribution in [2.45, 2.75) is 26.4 Å². The number of carbonyl (C=O) groups is 2. The Bertz CT molecular complexity index is 1030. The highest BCUT2D eigenvalue weighted by molar-refractivity contribution is 7.86. The number of esters is 1. The first-order valence-electron chi connectivity index (χ1n) is 10.1. The fraction of sp³-hybridized carbons (Fsp3) is 0.304.